The van der Waals surface area contributed by atoms with Crippen LogP contribution in [0.3, 0.4) is 0 Å². The molecule has 0 radical (unpaired) electrons. The molecule has 0 fully saturated rings. The number of thioether (sulfide) groups is 1. The zero-order chi connectivity index (χ0) is 17.2. The van der Waals surface area contributed by atoms with Gasteiger partial charge in [-0.1, -0.05) is 11.8 Å². The molecule has 3 heterocycles. The van der Waals surface area contributed by atoms with E-state index in [1.807, 2.05) is 36.7 Å². The third-order valence-corrected chi connectivity index (χ3v) is 5.18. The molecule has 0 atom stereocenters. The number of pyridine rings is 2. The molecule has 0 N–H and O–H groups in total. The average Bonchev–Trinajstić information content (AvgIpc) is 3.05. The molecule has 5 nitrogen and oxygen atoms in total. The van der Waals surface area contributed by atoms with Crippen LogP contribution in [0.5, 0.6) is 5.75 Å². The van der Waals surface area contributed by atoms with Crippen LogP contribution in [0.15, 0.2) is 53.9 Å². The fourth-order valence-corrected chi connectivity index (χ4v) is 3.87. The maximum absolute atomic E-state index is 5.40. The molecular formula is C19H18N4OS. The van der Waals surface area contributed by atoms with Crippen LogP contribution in [0.2, 0.25) is 0 Å². The SMILES string of the molecule is COc1ccc2c(C)cc3nnc(SCCc4ccncc4)n3c2c1. The number of aromatic nitrogens is 4. The number of nitrogens with zero attached hydrogens (tertiary/aromatic N) is 4. The third kappa shape index (κ3) is 3.05. The molecule has 4 rings (SSSR count). The van der Waals surface area contributed by atoms with E-state index in [0.29, 0.717) is 0 Å². The fourth-order valence-electron chi connectivity index (χ4n) is 2.93. The monoisotopic (exact) mass is 350 g/mol. The standard InChI is InChI=1S/C19H18N4OS/c1-13-11-18-21-22-19(25-10-7-14-5-8-20-9-6-14)23(18)17-12-15(24-2)3-4-16(13)17/h3-6,8-9,11-12H,7,10H2,1-2H3. The van der Waals surface area contributed by atoms with Crippen molar-refractivity contribution >= 4 is 28.3 Å². The van der Waals surface area contributed by atoms with E-state index in [-0.39, 0.29) is 0 Å². The average molecular weight is 350 g/mol. The van der Waals surface area contributed by atoms with Gasteiger partial charge in [0.05, 0.1) is 12.6 Å². The van der Waals surface area contributed by atoms with Gasteiger partial charge >= 0.3 is 0 Å². The topological polar surface area (TPSA) is 52.3 Å². The molecule has 4 aromatic rings. The first-order chi connectivity index (χ1) is 12.3. The highest BCUT2D eigenvalue weighted by Crippen LogP contribution is 2.28. The molecule has 0 aliphatic heterocycles. The van der Waals surface area contributed by atoms with E-state index in [1.54, 1.807) is 18.9 Å². The van der Waals surface area contributed by atoms with E-state index in [0.717, 1.165) is 34.2 Å². The summed E-state index contributed by atoms with van der Waals surface area (Å²) in [7, 11) is 1.69. The van der Waals surface area contributed by atoms with Crippen molar-refractivity contribution in [2.24, 2.45) is 0 Å². The lowest BCUT2D eigenvalue weighted by molar-refractivity contribution is 0.415. The number of aryl methyl sites for hydroxylation is 2. The Morgan fingerprint density at radius 1 is 1.08 bits per heavy atom. The predicted octanol–water partition coefficient (Wildman–Crippen LogP) is 3.93. The van der Waals surface area contributed by atoms with Crippen molar-refractivity contribution in [2.45, 2.75) is 18.5 Å². The summed E-state index contributed by atoms with van der Waals surface area (Å²) in [6.07, 6.45) is 4.62. The van der Waals surface area contributed by atoms with Crippen molar-refractivity contribution in [3.8, 4) is 5.75 Å². The van der Waals surface area contributed by atoms with Crippen molar-refractivity contribution in [1.29, 1.82) is 0 Å². The highest BCUT2D eigenvalue weighted by molar-refractivity contribution is 7.99. The Balaban J connectivity index is 1.70. The number of fused-ring (bicyclic) bond motifs is 3. The summed E-state index contributed by atoms with van der Waals surface area (Å²) >= 11 is 1.71. The minimum Gasteiger partial charge on any atom is -0.497 e. The molecule has 3 aromatic heterocycles. The van der Waals surface area contributed by atoms with Crippen LogP contribution in [0.25, 0.3) is 16.6 Å². The van der Waals surface area contributed by atoms with Gasteiger partial charge in [0.2, 0.25) is 0 Å². The summed E-state index contributed by atoms with van der Waals surface area (Å²) in [5, 5.41) is 10.8. The van der Waals surface area contributed by atoms with Crippen molar-refractivity contribution in [3.05, 3.63) is 59.9 Å². The molecule has 0 amide bonds. The first-order valence-corrected chi connectivity index (χ1v) is 9.09. The number of methoxy groups -OCH3 is 1. The van der Waals surface area contributed by atoms with Gasteiger partial charge in [0, 0.05) is 29.6 Å². The van der Waals surface area contributed by atoms with Gasteiger partial charge in [-0.25, -0.2) is 0 Å². The summed E-state index contributed by atoms with van der Waals surface area (Å²) in [5.74, 6) is 1.77. The van der Waals surface area contributed by atoms with Gasteiger partial charge in [-0.05, 0) is 54.8 Å². The van der Waals surface area contributed by atoms with Crippen LogP contribution in [-0.4, -0.2) is 32.4 Å². The van der Waals surface area contributed by atoms with E-state index in [4.69, 9.17) is 4.74 Å². The molecule has 0 saturated heterocycles. The van der Waals surface area contributed by atoms with Crippen molar-refractivity contribution in [3.63, 3.8) is 0 Å². The summed E-state index contributed by atoms with van der Waals surface area (Å²) in [6.45, 7) is 2.10. The Kier molecular flexibility index (Phi) is 4.28. The molecule has 0 aliphatic rings. The Bertz CT molecular complexity index is 1030. The number of benzene rings is 1. The summed E-state index contributed by atoms with van der Waals surface area (Å²) < 4.78 is 7.51. The highest BCUT2D eigenvalue weighted by Gasteiger charge is 2.12. The summed E-state index contributed by atoms with van der Waals surface area (Å²) in [5.41, 5.74) is 4.40. The second kappa shape index (κ2) is 6.72. The quantitative estimate of drug-likeness (QED) is 0.511. The number of ether oxygens (including phenoxy) is 1. The lowest BCUT2D eigenvalue weighted by atomic mass is 10.1. The fraction of sp³-hybridized carbons (Fsp3) is 0.211. The molecular weight excluding hydrogens is 332 g/mol. The molecule has 25 heavy (non-hydrogen) atoms. The molecule has 126 valence electrons. The summed E-state index contributed by atoms with van der Waals surface area (Å²) in [6, 6.07) is 12.3. The van der Waals surface area contributed by atoms with Crippen LogP contribution in [0.4, 0.5) is 0 Å². The maximum Gasteiger partial charge on any atom is 0.196 e. The van der Waals surface area contributed by atoms with Gasteiger partial charge in [-0.15, -0.1) is 10.2 Å². The van der Waals surface area contributed by atoms with Gasteiger partial charge in [-0.2, -0.15) is 0 Å². The second-order valence-corrected chi connectivity index (χ2v) is 6.90. The van der Waals surface area contributed by atoms with E-state index in [1.165, 1.54) is 16.5 Å². The van der Waals surface area contributed by atoms with E-state index in [9.17, 15) is 0 Å². The zero-order valence-electron chi connectivity index (χ0n) is 14.1. The minimum absolute atomic E-state index is 0.834. The molecule has 0 saturated carbocycles. The normalized spacial score (nSPS) is 11.3. The Hall–Kier alpha value is -2.60. The zero-order valence-corrected chi connectivity index (χ0v) is 15.0. The van der Waals surface area contributed by atoms with Crippen molar-refractivity contribution in [1.82, 2.24) is 19.6 Å². The number of hydrogen-bond acceptors (Lipinski definition) is 5. The second-order valence-electron chi connectivity index (χ2n) is 5.84. The van der Waals surface area contributed by atoms with E-state index < -0.39 is 0 Å². The van der Waals surface area contributed by atoms with Crippen LogP contribution in [0, 0.1) is 6.92 Å². The molecule has 6 heteroatoms. The molecule has 0 bridgehead atoms. The Labute approximate surface area is 150 Å². The lowest BCUT2D eigenvalue weighted by Gasteiger charge is -2.09. The first kappa shape index (κ1) is 15.9. The van der Waals surface area contributed by atoms with E-state index in [2.05, 4.69) is 38.6 Å². The minimum atomic E-state index is 0.834. The molecule has 0 spiro atoms. The largest absolute Gasteiger partial charge is 0.497 e. The predicted molar refractivity (Wildman–Crippen MR) is 100 cm³/mol. The van der Waals surface area contributed by atoms with Crippen molar-refractivity contribution in [2.75, 3.05) is 12.9 Å². The van der Waals surface area contributed by atoms with Crippen LogP contribution in [0.1, 0.15) is 11.1 Å². The van der Waals surface area contributed by atoms with Crippen LogP contribution >= 0.6 is 11.8 Å². The smallest absolute Gasteiger partial charge is 0.196 e. The van der Waals surface area contributed by atoms with E-state index >= 15 is 0 Å². The maximum atomic E-state index is 5.40. The van der Waals surface area contributed by atoms with Crippen LogP contribution in [-0.2, 0) is 6.42 Å². The van der Waals surface area contributed by atoms with Gasteiger partial charge in [0.15, 0.2) is 10.8 Å². The summed E-state index contributed by atoms with van der Waals surface area (Å²) in [4.78, 5) is 4.06. The Morgan fingerprint density at radius 3 is 2.72 bits per heavy atom. The molecule has 0 unspecified atom stereocenters. The first-order valence-electron chi connectivity index (χ1n) is 8.10. The van der Waals surface area contributed by atoms with Gasteiger partial charge in [0.25, 0.3) is 0 Å². The van der Waals surface area contributed by atoms with Crippen molar-refractivity contribution < 1.29 is 4.74 Å². The number of rotatable bonds is 5. The molecule has 0 aliphatic carbocycles. The highest BCUT2D eigenvalue weighted by atomic mass is 32.2. The molecule has 1 aromatic carbocycles. The van der Waals surface area contributed by atoms with Gasteiger partial charge in [-0.3, -0.25) is 9.38 Å². The van der Waals surface area contributed by atoms with Gasteiger partial charge < -0.3 is 4.74 Å². The van der Waals surface area contributed by atoms with Gasteiger partial charge in [0.1, 0.15) is 5.75 Å². The van der Waals surface area contributed by atoms with Crippen LogP contribution < -0.4 is 4.74 Å². The number of hydrogen-bond donors (Lipinski definition) is 0. The lowest BCUT2D eigenvalue weighted by Crippen LogP contribution is -1.96. The Morgan fingerprint density at radius 2 is 1.92 bits per heavy atom. The third-order valence-electron chi connectivity index (χ3n) is 4.25.